The highest BCUT2D eigenvalue weighted by Crippen LogP contribution is 2.10. The third-order valence-electron chi connectivity index (χ3n) is 2.83. The molecule has 1 N–H and O–H groups in total. The van der Waals surface area contributed by atoms with Gasteiger partial charge in [-0.3, -0.25) is 9.78 Å². The zero-order valence-corrected chi connectivity index (χ0v) is 12.7. The third-order valence-corrected chi connectivity index (χ3v) is 2.83. The van der Waals surface area contributed by atoms with E-state index in [1.807, 2.05) is 12.1 Å². The molecular formula is C15H25N3O2. The van der Waals surface area contributed by atoms with E-state index in [9.17, 15) is 4.79 Å². The number of rotatable bonds is 9. The van der Waals surface area contributed by atoms with E-state index in [-0.39, 0.29) is 5.91 Å². The van der Waals surface area contributed by atoms with Gasteiger partial charge in [0, 0.05) is 27.1 Å². The number of pyridine rings is 1. The quantitative estimate of drug-likeness (QED) is 0.701. The summed E-state index contributed by atoms with van der Waals surface area (Å²) in [5.41, 5.74) is 1.01. The molecule has 1 aromatic heterocycles. The zero-order chi connectivity index (χ0) is 14.8. The van der Waals surface area contributed by atoms with Gasteiger partial charge >= 0.3 is 0 Å². The van der Waals surface area contributed by atoms with Crippen LogP contribution in [-0.4, -0.2) is 43.0 Å². The van der Waals surface area contributed by atoms with Crippen molar-refractivity contribution in [2.24, 2.45) is 0 Å². The fraction of sp³-hybridized carbons (Fsp3) is 0.600. The molecule has 0 atom stereocenters. The zero-order valence-electron chi connectivity index (χ0n) is 12.7. The molecule has 5 heteroatoms. The van der Waals surface area contributed by atoms with Crippen LogP contribution in [0, 0.1) is 0 Å². The van der Waals surface area contributed by atoms with Gasteiger partial charge in [0.05, 0.1) is 18.5 Å². The smallest absolute Gasteiger partial charge is 0.222 e. The summed E-state index contributed by atoms with van der Waals surface area (Å²) >= 11 is 0. The lowest BCUT2D eigenvalue weighted by Gasteiger charge is -2.10. The minimum atomic E-state index is 0.129. The highest BCUT2D eigenvalue weighted by atomic mass is 16.5. The largest absolute Gasteiger partial charge is 0.492 e. The molecule has 0 radical (unpaired) electrons. The van der Waals surface area contributed by atoms with Gasteiger partial charge in [0.2, 0.25) is 5.91 Å². The average molecular weight is 279 g/mol. The van der Waals surface area contributed by atoms with E-state index in [0.717, 1.165) is 37.4 Å². The van der Waals surface area contributed by atoms with Crippen LogP contribution in [0.15, 0.2) is 18.3 Å². The first-order valence-corrected chi connectivity index (χ1v) is 7.12. The van der Waals surface area contributed by atoms with Crippen molar-refractivity contribution in [2.75, 3.05) is 27.2 Å². The number of carbonyl (C=O) groups excluding carboxylic acids is 1. The van der Waals surface area contributed by atoms with Crippen LogP contribution in [0.1, 0.15) is 31.9 Å². The van der Waals surface area contributed by atoms with Crippen molar-refractivity contribution >= 4 is 5.91 Å². The van der Waals surface area contributed by atoms with Gasteiger partial charge in [0.25, 0.3) is 0 Å². The maximum absolute atomic E-state index is 11.4. The molecule has 0 bridgehead atoms. The van der Waals surface area contributed by atoms with Crippen LogP contribution in [0.3, 0.4) is 0 Å². The number of nitrogens with one attached hydrogen (secondary N) is 1. The SMILES string of the molecule is CCCNCc1ccc(OCCCC(=O)N(C)C)cn1. The van der Waals surface area contributed by atoms with Gasteiger partial charge in [-0.15, -0.1) is 0 Å². The summed E-state index contributed by atoms with van der Waals surface area (Å²) in [4.78, 5) is 17.3. The van der Waals surface area contributed by atoms with Crippen LogP contribution < -0.4 is 10.1 Å². The van der Waals surface area contributed by atoms with Gasteiger partial charge in [-0.05, 0) is 31.5 Å². The van der Waals surface area contributed by atoms with E-state index >= 15 is 0 Å². The molecule has 0 aliphatic rings. The van der Waals surface area contributed by atoms with Crippen LogP contribution >= 0.6 is 0 Å². The summed E-state index contributed by atoms with van der Waals surface area (Å²) in [5, 5.41) is 3.30. The Morgan fingerprint density at radius 3 is 2.80 bits per heavy atom. The van der Waals surface area contributed by atoms with E-state index in [0.29, 0.717) is 13.0 Å². The first-order valence-electron chi connectivity index (χ1n) is 7.12. The molecule has 1 aromatic rings. The minimum absolute atomic E-state index is 0.129. The second-order valence-corrected chi connectivity index (χ2v) is 4.90. The lowest BCUT2D eigenvalue weighted by Crippen LogP contribution is -2.21. The molecule has 20 heavy (non-hydrogen) atoms. The van der Waals surface area contributed by atoms with Crippen molar-refractivity contribution in [3.63, 3.8) is 0 Å². The molecule has 0 saturated heterocycles. The molecule has 0 unspecified atom stereocenters. The van der Waals surface area contributed by atoms with Crippen molar-refractivity contribution in [1.82, 2.24) is 15.2 Å². The molecule has 0 aliphatic carbocycles. The molecule has 0 aliphatic heterocycles. The van der Waals surface area contributed by atoms with E-state index in [2.05, 4.69) is 17.2 Å². The van der Waals surface area contributed by atoms with Crippen molar-refractivity contribution < 1.29 is 9.53 Å². The van der Waals surface area contributed by atoms with Crippen LogP contribution in [0.4, 0.5) is 0 Å². The summed E-state index contributed by atoms with van der Waals surface area (Å²) in [5.74, 6) is 0.880. The summed E-state index contributed by atoms with van der Waals surface area (Å²) in [7, 11) is 3.52. The van der Waals surface area contributed by atoms with Gasteiger partial charge in [-0.2, -0.15) is 0 Å². The molecule has 0 saturated carbocycles. The Morgan fingerprint density at radius 2 is 2.20 bits per heavy atom. The molecular weight excluding hydrogens is 254 g/mol. The van der Waals surface area contributed by atoms with Crippen LogP contribution in [0.2, 0.25) is 0 Å². The molecule has 0 aromatic carbocycles. The van der Waals surface area contributed by atoms with E-state index in [1.54, 1.807) is 25.2 Å². The second kappa shape index (κ2) is 9.31. The summed E-state index contributed by atoms with van der Waals surface area (Å²) < 4.78 is 5.56. The maximum atomic E-state index is 11.4. The fourth-order valence-corrected chi connectivity index (χ4v) is 1.63. The highest BCUT2D eigenvalue weighted by Gasteiger charge is 2.03. The Balaban J connectivity index is 2.22. The lowest BCUT2D eigenvalue weighted by atomic mass is 10.3. The maximum Gasteiger partial charge on any atom is 0.222 e. The van der Waals surface area contributed by atoms with E-state index in [4.69, 9.17) is 4.74 Å². The Kier molecular flexibility index (Phi) is 7.65. The van der Waals surface area contributed by atoms with Crippen LogP contribution in [0.25, 0.3) is 0 Å². The van der Waals surface area contributed by atoms with E-state index < -0.39 is 0 Å². The van der Waals surface area contributed by atoms with Gasteiger partial charge in [0.15, 0.2) is 0 Å². The number of aromatic nitrogens is 1. The fourth-order valence-electron chi connectivity index (χ4n) is 1.63. The second-order valence-electron chi connectivity index (χ2n) is 4.90. The number of nitrogens with zero attached hydrogens (tertiary/aromatic N) is 2. The minimum Gasteiger partial charge on any atom is -0.492 e. The van der Waals surface area contributed by atoms with Crippen molar-refractivity contribution in [2.45, 2.75) is 32.7 Å². The van der Waals surface area contributed by atoms with Gasteiger partial charge in [-0.25, -0.2) is 0 Å². The normalized spacial score (nSPS) is 10.3. The Morgan fingerprint density at radius 1 is 1.40 bits per heavy atom. The molecule has 1 amide bonds. The van der Waals surface area contributed by atoms with Gasteiger partial charge in [0.1, 0.15) is 5.75 Å². The molecule has 112 valence electrons. The first kappa shape index (κ1) is 16.4. The van der Waals surface area contributed by atoms with Gasteiger partial charge < -0.3 is 15.0 Å². The Labute approximate surface area is 121 Å². The lowest BCUT2D eigenvalue weighted by molar-refractivity contribution is -0.128. The van der Waals surface area contributed by atoms with Crippen LogP contribution in [-0.2, 0) is 11.3 Å². The Hall–Kier alpha value is -1.62. The number of amides is 1. The molecule has 1 heterocycles. The third kappa shape index (κ3) is 6.52. The first-order chi connectivity index (χ1) is 9.63. The predicted octanol–water partition coefficient (Wildman–Crippen LogP) is 1.83. The standard InChI is InChI=1S/C15H25N3O2/c1-4-9-16-11-13-7-8-14(12-17-13)20-10-5-6-15(19)18(2)3/h7-8,12,16H,4-6,9-11H2,1-3H3. The highest BCUT2D eigenvalue weighted by molar-refractivity contribution is 5.75. The number of hydrogen-bond donors (Lipinski definition) is 1. The molecule has 0 fully saturated rings. The predicted molar refractivity (Wildman–Crippen MR) is 79.7 cm³/mol. The Bertz CT molecular complexity index is 391. The summed E-state index contributed by atoms with van der Waals surface area (Å²) in [6.07, 6.45) is 4.08. The molecule has 5 nitrogen and oxygen atoms in total. The number of carbonyl (C=O) groups is 1. The summed E-state index contributed by atoms with van der Waals surface area (Å²) in [6, 6.07) is 3.88. The molecule has 1 rings (SSSR count). The van der Waals surface area contributed by atoms with Crippen molar-refractivity contribution in [1.29, 1.82) is 0 Å². The van der Waals surface area contributed by atoms with Crippen molar-refractivity contribution in [3.05, 3.63) is 24.0 Å². The summed E-state index contributed by atoms with van der Waals surface area (Å²) in [6.45, 7) is 4.46. The molecule has 0 spiro atoms. The number of hydrogen-bond acceptors (Lipinski definition) is 4. The van der Waals surface area contributed by atoms with Crippen LogP contribution in [0.5, 0.6) is 5.75 Å². The van der Waals surface area contributed by atoms with Gasteiger partial charge in [-0.1, -0.05) is 6.92 Å². The number of ether oxygens (including phenoxy) is 1. The average Bonchev–Trinajstić information content (AvgIpc) is 2.45. The van der Waals surface area contributed by atoms with Crippen molar-refractivity contribution in [3.8, 4) is 5.75 Å². The monoisotopic (exact) mass is 279 g/mol. The van der Waals surface area contributed by atoms with E-state index in [1.165, 1.54) is 0 Å². The topological polar surface area (TPSA) is 54.5 Å².